The molecule has 1 unspecified atom stereocenters. The maximum atomic E-state index is 5.71. The van der Waals surface area contributed by atoms with Crippen LogP contribution >= 0.6 is 15.9 Å². The first kappa shape index (κ1) is 11.4. The highest BCUT2D eigenvalue weighted by Gasteiger charge is 2.26. The molecule has 1 saturated heterocycles. The third-order valence-corrected chi connectivity index (χ3v) is 4.22. The van der Waals surface area contributed by atoms with E-state index in [-0.39, 0.29) is 0 Å². The van der Waals surface area contributed by atoms with E-state index >= 15 is 0 Å². The second-order valence-corrected chi connectivity index (χ2v) is 5.39. The highest BCUT2D eigenvalue weighted by Crippen LogP contribution is 2.44. The molecule has 3 nitrogen and oxygen atoms in total. The van der Waals surface area contributed by atoms with Crippen LogP contribution < -0.4 is 14.8 Å². The molecule has 0 bridgehead atoms. The summed E-state index contributed by atoms with van der Waals surface area (Å²) in [4.78, 5) is 0. The Morgan fingerprint density at radius 2 is 2.18 bits per heavy atom. The second kappa shape index (κ2) is 4.50. The van der Waals surface area contributed by atoms with Gasteiger partial charge in [0.05, 0.1) is 4.47 Å². The number of benzene rings is 1. The summed E-state index contributed by atoms with van der Waals surface area (Å²) in [5, 5.41) is 3.53. The smallest absolute Gasteiger partial charge is 0.175 e. The van der Waals surface area contributed by atoms with Gasteiger partial charge in [0.25, 0.3) is 0 Å². The summed E-state index contributed by atoms with van der Waals surface area (Å²) in [6, 6.07) is 2.54. The quantitative estimate of drug-likeness (QED) is 0.864. The normalized spacial score (nSPS) is 22.8. The Hall–Kier alpha value is -0.740. The van der Waals surface area contributed by atoms with E-state index in [0.29, 0.717) is 19.3 Å². The average molecular weight is 298 g/mol. The summed E-state index contributed by atoms with van der Waals surface area (Å²) in [5.41, 5.74) is 2.59. The molecule has 17 heavy (non-hydrogen) atoms. The van der Waals surface area contributed by atoms with Gasteiger partial charge in [-0.1, -0.05) is 0 Å². The molecule has 1 N–H and O–H groups in total. The fourth-order valence-corrected chi connectivity index (χ4v) is 3.54. The predicted molar refractivity (Wildman–Crippen MR) is 69.8 cm³/mol. The van der Waals surface area contributed by atoms with E-state index in [1.54, 1.807) is 0 Å². The minimum atomic E-state index is 0.445. The van der Waals surface area contributed by atoms with Crippen molar-refractivity contribution < 1.29 is 9.47 Å². The number of nitrogens with one attached hydrogen (secondary N) is 1. The van der Waals surface area contributed by atoms with Gasteiger partial charge in [-0.25, -0.2) is 0 Å². The standard InChI is InChI=1S/C13H16BrNO2/c1-8-7-10-13(17-6-5-16-10)12(14)11(8)9-3-2-4-15-9/h7,9,15H,2-6H2,1H3. The number of hydrogen-bond acceptors (Lipinski definition) is 3. The van der Waals surface area contributed by atoms with Crippen LogP contribution in [-0.2, 0) is 0 Å². The van der Waals surface area contributed by atoms with Gasteiger partial charge in [-0.15, -0.1) is 0 Å². The van der Waals surface area contributed by atoms with Crippen molar-refractivity contribution in [1.29, 1.82) is 0 Å². The average Bonchev–Trinajstić information content (AvgIpc) is 2.83. The summed E-state index contributed by atoms with van der Waals surface area (Å²) >= 11 is 3.68. The highest BCUT2D eigenvalue weighted by molar-refractivity contribution is 9.10. The van der Waals surface area contributed by atoms with Gasteiger partial charge in [0.1, 0.15) is 13.2 Å². The molecule has 2 aliphatic heterocycles. The Bertz CT molecular complexity index is 442. The van der Waals surface area contributed by atoms with Gasteiger partial charge < -0.3 is 14.8 Å². The van der Waals surface area contributed by atoms with Crippen LogP contribution in [0.25, 0.3) is 0 Å². The van der Waals surface area contributed by atoms with Crippen molar-refractivity contribution >= 4 is 15.9 Å². The first-order chi connectivity index (χ1) is 8.27. The SMILES string of the molecule is Cc1cc2c(c(Br)c1C1CCCN1)OCCO2. The number of hydrogen-bond donors (Lipinski definition) is 1. The van der Waals surface area contributed by atoms with Crippen LogP contribution in [0.1, 0.15) is 30.0 Å². The third kappa shape index (κ3) is 1.93. The topological polar surface area (TPSA) is 30.5 Å². The van der Waals surface area contributed by atoms with Crippen LogP contribution in [0.3, 0.4) is 0 Å². The molecule has 1 aromatic rings. The van der Waals surface area contributed by atoms with Crippen molar-refractivity contribution in [3.8, 4) is 11.5 Å². The Morgan fingerprint density at radius 3 is 2.94 bits per heavy atom. The number of fused-ring (bicyclic) bond motifs is 1. The van der Waals surface area contributed by atoms with Crippen LogP contribution in [0.5, 0.6) is 11.5 Å². The minimum Gasteiger partial charge on any atom is -0.486 e. The largest absolute Gasteiger partial charge is 0.486 e. The Kier molecular flexibility index (Phi) is 3.01. The zero-order chi connectivity index (χ0) is 11.8. The molecular weight excluding hydrogens is 282 g/mol. The first-order valence-electron chi connectivity index (χ1n) is 6.09. The van der Waals surface area contributed by atoms with Gasteiger partial charge in [0.15, 0.2) is 11.5 Å². The molecule has 0 radical (unpaired) electrons. The van der Waals surface area contributed by atoms with E-state index in [0.717, 1.165) is 22.5 Å². The lowest BCUT2D eigenvalue weighted by molar-refractivity contribution is 0.170. The molecule has 1 atom stereocenters. The van der Waals surface area contributed by atoms with Gasteiger partial charge in [0.2, 0.25) is 0 Å². The maximum absolute atomic E-state index is 5.71. The van der Waals surface area contributed by atoms with Crippen molar-refractivity contribution in [2.24, 2.45) is 0 Å². The van der Waals surface area contributed by atoms with E-state index in [4.69, 9.17) is 9.47 Å². The number of ether oxygens (including phenoxy) is 2. The summed E-state index contributed by atoms with van der Waals surface area (Å²) in [7, 11) is 0. The molecule has 3 rings (SSSR count). The Balaban J connectivity index is 2.08. The van der Waals surface area contributed by atoms with E-state index in [9.17, 15) is 0 Å². The monoisotopic (exact) mass is 297 g/mol. The lowest BCUT2D eigenvalue weighted by atomic mass is 9.99. The summed E-state index contributed by atoms with van der Waals surface area (Å²) in [6.45, 7) is 4.51. The lowest BCUT2D eigenvalue weighted by Gasteiger charge is -2.24. The zero-order valence-corrected chi connectivity index (χ0v) is 11.5. The maximum Gasteiger partial charge on any atom is 0.175 e. The van der Waals surface area contributed by atoms with Crippen molar-refractivity contribution in [3.05, 3.63) is 21.7 Å². The molecule has 4 heteroatoms. The molecule has 0 amide bonds. The van der Waals surface area contributed by atoms with Gasteiger partial charge in [-0.2, -0.15) is 0 Å². The van der Waals surface area contributed by atoms with E-state index in [1.165, 1.54) is 24.0 Å². The van der Waals surface area contributed by atoms with Gasteiger partial charge in [-0.3, -0.25) is 0 Å². The van der Waals surface area contributed by atoms with Gasteiger partial charge >= 0.3 is 0 Å². The molecule has 1 aromatic carbocycles. The van der Waals surface area contributed by atoms with E-state index < -0.39 is 0 Å². The van der Waals surface area contributed by atoms with Crippen LogP contribution in [0.15, 0.2) is 10.5 Å². The second-order valence-electron chi connectivity index (χ2n) is 4.59. The third-order valence-electron chi connectivity index (χ3n) is 3.43. The van der Waals surface area contributed by atoms with Crippen LogP contribution in [-0.4, -0.2) is 19.8 Å². The summed E-state index contributed by atoms with van der Waals surface area (Å²) < 4.78 is 12.4. The molecule has 0 aromatic heterocycles. The molecule has 1 fully saturated rings. The van der Waals surface area contributed by atoms with E-state index in [1.807, 2.05) is 0 Å². The molecule has 2 aliphatic rings. The van der Waals surface area contributed by atoms with Crippen molar-refractivity contribution in [3.63, 3.8) is 0 Å². The number of halogens is 1. The van der Waals surface area contributed by atoms with Crippen LogP contribution in [0.2, 0.25) is 0 Å². The number of rotatable bonds is 1. The predicted octanol–water partition coefficient (Wildman–Crippen LogP) is 2.95. The highest BCUT2D eigenvalue weighted by atomic mass is 79.9. The van der Waals surface area contributed by atoms with E-state index in [2.05, 4.69) is 34.2 Å². The Labute approximate surface area is 110 Å². The first-order valence-corrected chi connectivity index (χ1v) is 6.88. The molecular formula is C13H16BrNO2. The Morgan fingerprint density at radius 1 is 1.35 bits per heavy atom. The molecule has 2 heterocycles. The molecule has 0 spiro atoms. The summed E-state index contributed by atoms with van der Waals surface area (Å²) in [5.74, 6) is 1.73. The fraction of sp³-hybridized carbons (Fsp3) is 0.538. The van der Waals surface area contributed by atoms with Crippen LogP contribution in [0, 0.1) is 6.92 Å². The molecule has 92 valence electrons. The van der Waals surface area contributed by atoms with Gasteiger partial charge in [-0.05, 0) is 59.4 Å². The lowest BCUT2D eigenvalue weighted by Crippen LogP contribution is -2.19. The number of aryl methyl sites for hydroxylation is 1. The minimum absolute atomic E-state index is 0.445. The summed E-state index contributed by atoms with van der Waals surface area (Å²) in [6.07, 6.45) is 2.43. The van der Waals surface area contributed by atoms with Crippen molar-refractivity contribution in [2.75, 3.05) is 19.8 Å². The molecule has 0 aliphatic carbocycles. The fourth-order valence-electron chi connectivity index (χ4n) is 2.64. The van der Waals surface area contributed by atoms with Crippen molar-refractivity contribution in [1.82, 2.24) is 5.32 Å². The molecule has 0 saturated carbocycles. The zero-order valence-electron chi connectivity index (χ0n) is 9.88. The van der Waals surface area contributed by atoms with Crippen LogP contribution in [0.4, 0.5) is 0 Å². The van der Waals surface area contributed by atoms with Gasteiger partial charge in [0, 0.05) is 6.04 Å². The van der Waals surface area contributed by atoms with Crippen molar-refractivity contribution in [2.45, 2.75) is 25.8 Å².